The zero-order valence-corrected chi connectivity index (χ0v) is 16.3. The maximum absolute atomic E-state index is 12.1. The highest BCUT2D eigenvalue weighted by molar-refractivity contribution is 5.90. The van der Waals surface area contributed by atoms with Crippen molar-refractivity contribution in [1.29, 1.82) is 0 Å². The standard InChI is InChI=1S/C21H18N8O2/c30-20(13-29-21(31)5-3-11-25-29)27-16-8-6-15(7-9-16)26-18-12-19(24-14-23-18)28-17-4-1-2-10-22-17/h1-12,14H,13H2,(H,27,30)(H2,22,23,24,26,28). The molecule has 0 aliphatic rings. The van der Waals surface area contributed by atoms with Crippen molar-refractivity contribution >= 4 is 34.7 Å². The lowest BCUT2D eigenvalue weighted by atomic mass is 10.2. The lowest BCUT2D eigenvalue weighted by molar-refractivity contribution is -0.117. The molecule has 0 aliphatic carbocycles. The summed E-state index contributed by atoms with van der Waals surface area (Å²) < 4.78 is 1.09. The minimum absolute atomic E-state index is 0.160. The molecule has 4 aromatic rings. The van der Waals surface area contributed by atoms with E-state index >= 15 is 0 Å². The molecule has 0 fully saturated rings. The van der Waals surface area contributed by atoms with Gasteiger partial charge in [0.05, 0.1) is 0 Å². The Morgan fingerprint density at radius 3 is 2.32 bits per heavy atom. The predicted octanol–water partition coefficient (Wildman–Crippen LogP) is 2.55. The smallest absolute Gasteiger partial charge is 0.267 e. The van der Waals surface area contributed by atoms with Crippen LogP contribution >= 0.6 is 0 Å². The number of aromatic nitrogens is 5. The van der Waals surface area contributed by atoms with Crippen molar-refractivity contribution in [3.8, 4) is 0 Å². The van der Waals surface area contributed by atoms with Crippen molar-refractivity contribution in [2.45, 2.75) is 6.54 Å². The Kier molecular flexibility index (Phi) is 5.89. The maximum Gasteiger partial charge on any atom is 0.267 e. The predicted molar refractivity (Wildman–Crippen MR) is 116 cm³/mol. The van der Waals surface area contributed by atoms with E-state index in [1.165, 1.54) is 24.7 Å². The number of anilines is 5. The Bertz CT molecular complexity index is 1230. The summed E-state index contributed by atoms with van der Waals surface area (Å²) in [6.45, 7) is -0.160. The summed E-state index contributed by atoms with van der Waals surface area (Å²) in [5.41, 5.74) is 1.04. The van der Waals surface area contributed by atoms with E-state index in [1.54, 1.807) is 36.5 Å². The number of pyridine rings is 1. The third-order valence-corrected chi connectivity index (χ3v) is 4.11. The molecule has 0 unspecified atom stereocenters. The number of carbonyl (C=O) groups excluding carboxylic acids is 1. The molecule has 3 N–H and O–H groups in total. The molecule has 10 heteroatoms. The Morgan fingerprint density at radius 1 is 0.806 bits per heavy atom. The molecular formula is C21H18N8O2. The van der Waals surface area contributed by atoms with Crippen molar-refractivity contribution in [2.75, 3.05) is 16.0 Å². The van der Waals surface area contributed by atoms with Crippen molar-refractivity contribution in [3.63, 3.8) is 0 Å². The Hall–Kier alpha value is -4.60. The fourth-order valence-corrected chi connectivity index (χ4v) is 2.69. The van der Waals surface area contributed by atoms with Gasteiger partial charge in [0, 0.05) is 35.9 Å². The lowest BCUT2D eigenvalue weighted by Crippen LogP contribution is -2.28. The van der Waals surface area contributed by atoms with Crippen molar-refractivity contribution in [1.82, 2.24) is 24.7 Å². The van der Waals surface area contributed by atoms with Gasteiger partial charge in [-0.05, 0) is 42.5 Å². The van der Waals surface area contributed by atoms with Gasteiger partial charge < -0.3 is 16.0 Å². The van der Waals surface area contributed by atoms with E-state index in [4.69, 9.17) is 0 Å². The van der Waals surface area contributed by atoms with Crippen LogP contribution in [-0.4, -0.2) is 30.6 Å². The van der Waals surface area contributed by atoms with Crippen LogP contribution in [0.2, 0.25) is 0 Å². The third-order valence-electron chi connectivity index (χ3n) is 4.11. The average Bonchev–Trinajstić information content (AvgIpc) is 2.78. The van der Waals surface area contributed by atoms with Crippen LogP contribution in [0.1, 0.15) is 0 Å². The molecule has 3 heterocycles. The molecule has 1 aromatic carbocycles. The van der Waals surface area contributed by atoms with Crippen LogP contribution in [0.25, 0.3) is 0 Å². The van der Waals surface area contributed by atoms with Gasteiger partial charge in [-0.3, -0.25) is 9.59 Å². The van der Waals surface area contributed by atoms with Crippen LogP contribution in [0, 0.1) is 0 Å². The number of nitrogens with zero attached hydrogens (tertiary/aromatic N) is 5. The van der Waals surface area contributed by atoms with Gasteiger partial charge in [-0.25, -0.2) is 19.6 Å². The highest BCUT2D eigenvalue weighted by Crippen LogP contribution is 2.20. The Balaban J connectivity index is 1.36. The number of hydrogen-bond donors (Lipinski definition) is 3. The number of benzene rings is 1. The summed E-state index contributed by atoms with van der Waals surface area (Å²) in [4.78, 5) is 36.4. The number of nitrogens with one attached hydrogen (secondary N) is 3. The van der Waals surface area contributed by atoms with Crippen LogP contribution in [-0.2, 0) is 11.3 Å². The van der Waals surface area contributed by atoms with Crippen molar-refractivity contribution in [3.05, 3.63) is 89.7 Å². The second kappa shape index (κ2) is 9.27. The third kappa shape index (κ3) is 5.48. The van der Waals surface area contributed by atoms with Crippen LogP contribution < -0.4 is 21.5 Å². The van der Waals surface area contributed by atoms with Gasteiger partial charge in [0.1, 0.15) is 30.3 Å². The van der Waals surface area contributed by atoms with Gasteiger partial charge in [-0.15, -0.1) is 0 Å². The summed E-state index contributed by atoms with van der Waals surface area (Å²) >= 11 is 0. The van der Waals surface area contributed by atoms with Crippen molar-refractivity contribution < 1.29 is 4.79 Å². The second-order valence-corrected chi connectivity index (χ2v) is 6.40. The molecule has 4 rings (SSSR count). The average molecular weight is 414 g/mol. The number of amides is 1. The van der Waals surface area contributed by atoms with Crippen LogP contribution in [0.3, 0.4) is 0 Å². The van der Waals surface area contributed by atoms with E-state index in [0.29, 0.717) is 23.1 Å². The molecule has 10 nitrogen and oxygen atoms in total. The van der Waals surface area contributed by atoms with Gasteiger partial charge in [-0.2, -0.15) is 5.10 Å². The molecule has 0 atom stereocenters. The molecular weight excluding hydrogens is 396 g/mol. The normalized spacial score (nSPS) is 10.3. The highest BCUT2D eigenvalue weighted by Gasteiger charge is 2.06. The van der Waals surface area contributed by atoms with Gasteiger partial charge in [0.25, 0.3) is 5.56 Å². The van der Waals surface area contributed by atoms with Gasteiger partial charge in [0.2, 0.25) is 5.91 Å². The number of hydrogen-bond acceptors (Lipinski definition) is 8. The molecule has 0 aliphatic heterocycles. The zero-order valence-electron chi connectivity index (χ0n) is 16.3. The number of carbonyl (C=O) groups is 1. The lowest BCUT2D eigenvalue weighted by Gasteiger charge is -2.10. The van der Waals surface area contributed by atoms with E-state index < -0.39 is 0 Å². The largest absolute Gasteiger partial charge is 0.340 e. The second-order valence-electron chi connectivity index (χ2n) is 6.40. The monoisotopic (exact) mass is 414 g/mol. The first-order valence-electron chi connectivity index (χ1n) is 9.35. The fourth-order valence-electron chi connectivity index (χ4n) is 2.69. The molecule has 1 amide bonds. The van der Waals surface area contributed by atoms with E-state index in [-0.39, 0.29) is 18.0 Å². The van der Waals surface area contributed by atoms with E-state index in [1.807, 2.05) is 18.2 Å². The van der Waals surface area contributed by atoms with Crippen LogP contribution in [0.15, 0.2) is 84.2 Å². The first kappa shape index (κ1) is 19.7. The van der Waals surface area contributed by atoms with Crippen LogP contribution in [0.4, 0.5) is 28.8 Å². The van der Waals surface area contributed by atoms with Crippen molar-refractivity contribution in [2.24, 2.45) is 0 Å². The van der Waals surface area contributed by atoms with Gasteiger partial charge >= 0.3 is 0 Å². The summed E-state index contributed by atoms with van der Waals surface area (Å²) in [5.74, 6) is 1.53. The van der Waals surface area contributed by atoms with Crippen LogP contribution in [0.5, 0.6) is 0 Å². The topological polar surface area (TPSA) is 127 Å². The summed E-state index contributed by atoms with van der Waals surface area (Å²) in [6.07, 6.45) is 4.60. The van der Waals surface area contributed by atoms with E-state index in [9.17, 15) is 9.59 Å². The number of rotatable bonds is 7. The Morgan fingerprint density at radius 2 is 1.58 bits per heavy atom. The van der Waals surface area contributed by atoms with Gasteiger partial charge in [-0.1, -0.05) is 6.07 Å². The first-order valence-corrected chi connectivity index (χ1v) is 9.35. The highest BCUT2D eigenvalue weighted by atomic mass is 16.2. The molecule has 0 saturated heterocycles. The van der Waals surface area contributed by atoms with E-state index in [2.05, 4.69) is 36.0 Å². The molecule has 154 valence electrons. The van der Waals surface area contributed by atoms with Gasteiger partial charge in [0.15, 0.2) is 0 Å². The minimum atomic E-state index is -0.345. The minimum Gasteiger partial charge on any atom is -0.340 e. The Labute approximate surface area is 177 Å². The molecule has 0 saturated carbocycles. The quantitative estimate of drug-likeness (QED) is 0.421. The molecule has 0 spiro atoms. The molecule has 31 heavy (non-hydrogen) atoms. The fraction of sp³-hybridized carbons (Fsp3) is 0.0476. The molecule has 3 aromatic heterocycles. The van der Waals surface area contributed by atoms with E-state index in [0.717, 1.165) is 10.4 Å². The molecule has 0 bridgehead atoms. The SMILES string of the molecule is O=C(Cn1ncccc1=O)Nc1ccc(Nc2cc(Nc3ccccn3)ncn2)cc1. The maximum atomic E-state index is 12.1. The summed E-state index contributed by atoms with van der Waals surface area (Å²) in [5, 5.41) is 12.9. The first-order chi connectivity index (χ1) is 15.2. The summed E-state index contributed by atoms with van der Waals surface area (Å²) in [6, 6.07) is 17.3. The zero-order chi connectivity index (χ0) is 21.5. The summed E-state index contributed by atoms with van der Waals surface area (Å²) in [7, 11) is 0. The molecule has 0 radical (unpaired) electrons.